The average molecular weight is 362 g/mol. The van der Waals surface area contributed by atoms with E-state index in [1.165, 1.54) is 0 Å². The first kappa shape index (κ1) is 17.8. The van der Waals surface area contributed by atoms with Crippen molar-refractivity contribution >= 4 is 47.2 Å². The highest BCUT2D eigenvalue weighted by atomic mass is 35.5. The molecule has 3 N–H and O–H groups in total. The van der Waals surface area contributed by atoms with Gasteiger partial charge in [-0.15, -0.1) is 12.4 Å². The third-order valence-electron chi connectivity index (χ3n) is 3.39. The largest absolute Gasteiger partial charge is 0.482 e. The average Bonchev–Trinajstić information content (AvgIpc) is 2.49. The van der Waals surface area contributed by atoms with E-state index in [0.717, 1.165) is 6.54 Å². The summed E-state index contributed by atoms with van der Waals surface area (Å²) in [5, 5.41) is 8.91. The van der Waals surface area contributed by atoms with Gasteiger partial charge in [0.25, 0.3) is 5.91 Å². The second kappa shape index (κ2) is 7.83. The summed E-state index contributed by atoms with van der Waals surface area (Å²) in [7, 11) is 0. The Morgan fingerprint density at radius 3 is 3.00 bits per heavy atom. The first-order valence-corrected chi connectivity index (χ1v) is 7.38. The molecule has 126 valence electrons. The van der Waals surface area contributed by atoms with Gasteiger partial charge in [0, 0.05) is 19.2 Å². The molecule has 1 aromatic rings. The van der Waals surface area contributed by atoms with Gasteiger partial charge in [0.1, 0.15) is 5.75 Å². The summed E-state index contributed by atoms with van der Waals surface area (Å²) >= 11 is 6.13. The van der Waals surface area contributed by atoms with Gasteiger partial charge >= 0.3 is 0 Å². The maximum Gasteiger partial charge on any atom is 0.262 e. The van der Waals surface area contributed by atoms with Gasteiger partial charge in [0.05, 0.1) is 35.5 Å². The Bertz CT molecular complexity index is 606. The second-order valence-electron chi connectivity index (χ2n) is 5.11. The van der Waals surface area contributed by atoms with E-state index in [4.69, 9.17) is 21.1 Å². The number of amides is 2. The number of anilines is 2. The summed E-state index contributed by atoms with van der Waals surface area (Å²) in [4.78, 5) is 23.3. The number of hydrogen-bond acceptors (Lipinski definition) is 5. The minimum absolute atomic E-state index is 0. The van der Waals surface area contributed by atoms with Crippen molar-refractivity contribution < 1.29 is 19.1 Å². The SMILES string of the molecule is Cl.O=C(CC1CNCCO1)Nc1cc2c(cc1Cl)NC(=O)CO2. The number of benzene rings is 1. The Morgan fingerprint density at radius 1 is 1.43 bits per heavy atom. The van der Waals surface area contributed by atoms with Gasteiger partial charge in [-0.3, -0.25) is 9.59 Å². The van der Waals surface area contributed by atoms with E-state index in [1.54, 1.807) is 12.1 Å². The molecule has 9 heteroatoms. The highest BCUT2D eigenvalue weighted by molar-refractivity contribution is 6.34. The molecule has 3 rings (SSSR count). The number of morpholine rings is 1. The summed E-state index contributed by atoms with van der Waals surface area (Å²) < 4.78 is 10.8. The summed E-state index contributed by atoms with van der Waals surface area (Å²) in [5.74, 6) is 0.0626. The van der Waals surface area contributed by atoms with E-state index < -0.39 is 0 Å². The van der Waals surface area contributed by atoms with E-state index in [2.05, 4.69) is 16.0 Å². The number of carbonyl (C=O) groups excluding carboxylic acids is 2. The normalized spacial score (nSPS) is 19.7. The van der Waals surface area contributed by atoms with Crippen LogP contribution in [0.2, 0.25) is 5.02 Å². The van der Waals surface area contributed by atoms with Crippen LogP contribution in [0.3, 0.4) is 0 Å². The number of halogens is 2. The molecule has 1 atom stereocenters. The molecule has 1 aromatic carbocycles. The van der Waals surface area contributed by atoms with Gasteiger partial charge in [0.2, 0.25) is 5.91 Å². The monoisotopic (exact) mass is 361 g/mol. The van der Waals surface area contributed by atoms with Crippen molar-refractivity contribution in [1.29, 1.82) is 0 Å². The minimum Gasteiger partial charge on any atom is -0.482 e. The number of ether oxygens (including phenoxy) is 2. The van der Waals surface area contributed by atoms with Crippen molar-refractivity contribution in [3.63, 3.8) is 0 Å². The Kier molecular flexibility index (Phi) is 6.06. The zero-order chi connectivity index (χ0) is 15.5. The molecule has 0 aliphatic carbocycles. The third kappa shape index (κ3) is 4.48. The van der Waals surface area contributed by atoms with Gasteiger partial charge in [-0.05, 0) is 6.07 Å². The number of fused-ring (bicyclic) bond motifs is 1. The smallest absolute Gasteiger partial charge is 0.262 e. The summed E-state index contributed by atoms with van der Waals surface area (Å²) in [6.07, 6.45) is 0.110. The molecule has 0 spiro atoms. The first-order chi connectivity index (χ1) is 10.6. The van der Waals surface area contributed by atoms with Crippen molar-refractivity contribution in [2.45, 2.75) is 12.5 Å². The van der Waals surface area contributed by atoms with Crippen molar-refractivity contribution in [2.24, 2.45) is 0 Å². The van der Waals surface area contributed by atoms with Crippen molar-refractivity contribution in [2.75, 3.05) is 36.9 Å². The molecule has 0 aromatic heterocycles. The number of hydrogen-bond donors (Lipinski definition) is 3. The molecule has 1 fully saturated rings. The molecule has 1 unspecified atom stereocenters. The maximum absolute atomic E-state index is 12.1. The fourth-order valence-corrected chi connectivity index (χ4v) is 2.57. The molecule has 0 saturated carbocycles. The molecule has 0 bridgehead atoms. The molecule has 2 heterocycles. The molecule has 23 heavy (non-hydrogen) atoms. The van der Waals surface area contributed by atoms with Crippen LogP contribution in [0.1, 0.15) is 6.42 Å². The predicted molar refractivity (Wildman–Crippen MR) is 88.7 cm³/mol. The van der Waals surface area contributed by atoms with Gasteiger partial charge in [-0.25, -0.2) is 0 Å². The maximum atomic E-state index is 12.1. The highest BCUT2D eigenvalue weighted by Gasteiger charge is 2.21. The standard InChI is InChI=1S/C14H16ClN3O4.ClH/c15-9-4-11-12(22-7-14(20)18-11)5-10(9)17-13(19)3-8-6-16-1-2-21-8;/h4-5,8,16H,1-3,6-7H2,(H,17,19)(H,18,20);1H. The van der Waals surface area contributed by atoms with Crippen molar-refractivity contribution in [1.82, 2.24) is 5.32 Å². The summed E-state index contributed by atoms with van der Waals surface area (Å²) in [6.45, 7) is 2.01. The van der Waals surface area contributed by atoms with Gasteiger partial charge in [-0.2, -0.15) is 0 Å². The van der Waals surface area contributed by atoms with Crippen LogP contribution in [-0.4, -0.2) is 44.2 Å². The van der Waals surface area contributed by atoms with Crippen LogP contribution >= 0.6 is 24.0 Å². The van der Waals surface area contributed by atoms with Crippen LogP contribution in [0.5, 0.6) is 5.75 Å². The molecular formula is C14H17Cl2N3O4. The lowest BCUT2D eigenvalue weighted by Crippen LogP contribution is -2.40. The molecular weight excluding hydrogens is 345 g/mol. The predicted octanol–water partition coefficient (Wildman–Crippen LogP) is 1.41. The zero-order valence-corrected chi connectivity index (χ0v) is 13.8. The topological polar surface area (TPSA) is 88.7 Å². The van der Waals surface area contributed by atoms with Gasteiger partial charge in [0.15, 0.2) is 6.61 Å². The molecule has 7 nitrogen and oxygen atoms in total. The molecule has 2 aliphatic heterocycles. The fraction of sp³-hybridized carbons (Fsp3) is 0.429. The number of rotatable bonds is 3. The Hall–Kier alpha value is -1.54. The highest BCUT2D eigenvalue weighted by Crippen LogP contribution is 2.36. The molecule has 1 saturated heterocycles. The summed E-state index contributed by atoms with van der Waals surface area (Å²) in [6, 6.07) is 3.16. The fourth-order valence-electron chi connectivity index (χ4n) is 2.35. The van der Waals surface area contributed by atoms with E-state index in [1.807, 2.05) is 0 Å². The second-order valence-corrected chi connectivity index (χ2v) is 5.52. The van der Waals surface area contributed by atoms with E-state index in [9.17, 15) is 9.59 Å². The van der Waals surface area contributed by atoms with E-state index >= 15 is 0 Å². The third-order valence-corrected chi connectivity index (χ3v) is 3.71. The molecule has 0 radical (unpaired) electrons. The van der Waals surface area contributed by atoms with Crippen LogP contribution in [-0.2, 0) is 14.3 Å². The van der Waals surface area contributed by atoms with Crippen molar-refractivity contribution in [3.05, 3.63) is 17.2 Å². The lowest BCUT2D eigenvalue weighted by molar-refractivity contribution is -0.120. The van der Waals surface area contributed by atoms with E-state index in [0.29, 0.717) is 35.3 Å². The van der Waals surface area contributed by atoms with Crippen molar-refractivity contribution in [3.8, 4) is 5.75 Å². The quantitative estimate of drug-likeness (QED) is 0.757. The minimum atomic E-state index is -0.234. The molecule has 2 amide bonds. The molecule has 2 aliphatic rings. The number of nitrogens with one attached hydrogen (secondary N) is 3. The first-order valence-electron chi connectivity index (χ1n) is 7.00. The van der Waals surface area contributed by atoms with Crippen LogP contribution in [0, 0.1) is 0 Å². The summed E-state index contributed by atoms with van der Waals surface area (Å²) in [5.41, 5.74) is 0.949. The zero-order valence-electron chi connectivity index (χ0n) is 12.2. The number of carbonyl (C=O) groups is 2. The van der Waals surface area contributed by atoms with Gasteiger partial charge in [-0.1, -0.05) is 11.6 Å². The van der Waals surface area contributed by atoms with Crippen LogP contribution in [0.15, 0.2) is 12.1 Å². The van der Waals surface area contributed by atoms with Crippen LogP contribution < -0.4 is 20.7 Å². The van der Waals surface area contributed by atoms with Crippen LogP contribution in [0.4, 0.5) is 11.4 Å². The Morgan fingerprint density at radius 2 is 2.26 bits per heavy atom. The Balaban J connectivity index is 0.00000192. The van der Waals surface area contributed by atoms with E-state index in [-0.39, 0.29) is 43.4 Å². The lowest BCUT2D eigenvalue weighted by atomic mass is 10.2. The Labute approximate surface area is 144 Å². The lowest BCUT2D eigenvalue weighted by Gasteiger charge is -2.23. The van der Waals surface area contributed by atoms with Crippen LogP contribution in [0.25, 0.3) is 0 Å². The van der Waals surface area contributed by atoms with Gasteiger partial charge < -0.3 is 25.4 Å².